The van der Waals surface area contributed by atoms with Crippen molar-refractivity contribution in [1.82, 2.24) is 9.55 Å². The quantitative estimate of drug-likeness (QED) is 0.250. The molecule has 9 nitrogen and oxygen atoms in total. The third-order valence-corrected chi connectivity index (χ3v) is 5.25. The second-order valence-corrected chi connectivity index (χ2v) is 7.50. The second kappa shape index (κ2) is 8.82. The Kier molecular flexibility index (Phi) is 5.77. The molecule has 10 heteroatoms. The predicted octanol–water partition coefficient (Wildman–Crippen LogP) is 4.67. The van der Waals surface area contributed by atoms with E-state index in [1.54, 1.807) is 49.0 Å². The number of carbonyl (C=O) groups excluding carboxylic acids is 2. The van der Waals surface area contributed by atoms with Crippen molar-refractivity contribution in [2.75, 3.05) is 5.32 Å². The van der Waals surface area contributed by atoms with E-state index in [1.807, 2.05) is 5.38 Å². The Morgan fingerprint density at radius 3 is 2.53 bits per heavy atom. The Morgan fingerprint density at radius 2 is 1.91 bits per heavy atom. The van der Waals surface area contributed by atoms with Gasteiger partial charge >= 0.3 is 5.69 Å². The Hall–Kier alpha value is -4.31. The van der Waals surface area contributed by atoms with E-state index >= 15 is 0 Å². The summed E-state index contributed by atoms with van der Waals surface area (Å²) in [5, 5.41) is 17.9. The summed E-state index contributed by atoms with van der Waals surface area (Å²) < 4.78 is 7.21. The molecule has 0 saturated carbocycles. The highest BCUT2D eigenvalue weighted by Gasteiger charge is 2.22. The molecule has 0 fully saturated rings. The molecule has 2 heterocycles. The fourth-order valence-electron chi connectivity index (χ4n) is 2.93. The number of benzene rings is 2. The van der Waals surface area contributed by atoms with Crippen LogP contribution in [0.1, 0.15) is 26.5 Å². The number of carbonyl (C=O) groups is 2. The standard InChI is InChI=1S/C22H16N4O5S/c1-25-10-9-23-21(25)20(27)14-2-7-19(18(12-14)26(29)30)31-17-5-3-16(4-6-17)24-22(28)15-8-11-32-13-15/h2-13H,1H3,(H,24,28). The second-order valence-electron chi connectivity index (χ2n) is 6.72. The minimum absolute atomic E-state index is 0.0125. The first-order valence-corrected chi connectivity index (χ1v) is 10.3. The molecule has 1 amide bonds. The Balaban J connectivity index is 1.52. The van der Waals surface area contributed by atoms with Crippen molar-refractivity contribution >= 4 is 34.4 Å². The van der Waals surface area contributed by atoms with Gasteiger partial charge in [-0.25, -0.2) is 4.98 Å². The molecule has 0 aliphatic heterocycles. The number of hydrogen-bond acceptors (Lipinski definition) is 7. The number of hydrogen-bond donors (Lipinski definition) is 1. The molecule has 0 atom stereocenters. The molecule has 2 aromatic carbocycles. The number of ether oxygens (including phenoxy) is 1. The van der Waals surface area contributed by atoms with Crippen LogP contribution in [0.25, 0.3) is 0 Å². The van der Waals surface area contributed by atoms with Crippen molar-refractivity contribution in [1.29, 1.82) is 0 Å². The van der Waals surface area contributed by atoms with Gasteiger partial charge in [0.2, 0.25) is 11.5 Å². The summed E-state index contributed by atoms with van der Waals surface area (Å²) in [5.74, 6) is -0.166. The molecular formula is C22H16N4O5S. The normalized spacial score (nSPS) is 10.5. The van der Waals surface area contributed by atoms with Gasteiger partial charge in [0.1, 0.15) is 5.75 Å². The fraction of sp³-hybridized carbons (Fsp3) is 0.0455. The van der Waals surface area contributed by atoms with Gasteiger partial charge in [-0.1, -0.05) is 0 Å². The minimum atomic E-state index is -0.611. The van der Waals surface area contributed by atoms with Gasteiger partial charge in [0, 0.05) is 42.1 Å². The summed E-state index contributed by atoms with van der Waals surface area (Å²) in [4.78, 5) is 39.7. The van der Waals surface area contributed by atoms with Gasteiger partial charge in [-0.3, -0.25) is 19.7 Å². The zero-order valence-corrected chi connectivity index (χ0v) is 17.5. The molecule has 0 bridgehead atoms. The number of nitrogens with one attached hydrogen (secondary N) is 1. The highest BCUT2D eigenvalue weighted by molar-refractivity contribution is 7.08. The molecule has 4 rings (SSSR count). The molecule has 160 valence electrons. The van der Waals surface area contributed by atoms with Crippen molar-refractivity contribution in [2.45, 2.75) is 0 Å². The topological polar surface area (TPSA) is 116 Å². The van der Waals surface area contributed by atoms with Crippen molar-refractivity contribution in [3.8, 4) is 11.5 Å². The molecule has 2 aromatic heterocycles. The number of nitro groups is 1. The van der Waals surface area contributed by atoms with E-state index in [9.17, 15) is 19.7 Å². The van der Waals surface area contributed by atoms with E-state index in [1.165, 1.54) is 40.3 Å². The van der Waals surface area contributed by atoms with Crippen LogP contribution in [0.5, 0.6) is 11.5 Å². The lowest BCUT2D eigenvalue weighted by atomic mass is 10.1. The fourth-order valence-corrected chi connectivity index (χ4v) is 3.57. The average Bonchev–Trinajstić information content (AvgIpc) is 3.47. The van der Waals surface area contributed by atoms with E-state index in [2.05, 4.69) is 10.3 Å². The average molecular weight is 448 g/mol. The van der Waals surface area contributed by atoms with Gasteiger partial charge in [-0.15, -0.1) is 0 Å². The van der Waals surface area contributed by atoms with Crippen LogP contribution in [0.3, 0.4) is 0 Å². The minimum Gasteiger partial charge on any atom is -0.450 e. The summed E-state index contributed by atoms with van der Waals surface area (Å²) in [6.07, 6.45) is 3.09. The van der Waals surface area contributed by atoms with Gasteiger partial charge in [-0.05, 0) is 47.8 Å². The zero-order chi connectivity index (χ0) is 22.7. The van der Waals surface area contributed by atoms with Crippen LogP contribution < -0.4 is 10.1 Å². The van der Waals surface area contributed by atoms with Crippen LogP contribution in [0.2, 0.25) is 0 Å². The number of anilines is 1. The number of rotatable bonds is 7. The van der Waals surface area contributed by atoms with E-state index in [4.69, 9.17) is 4.74 Å². The number of ketones is 1. The molecule has 0 unspecified atom stereocenters. The van der Waals surface area contributed by atoms with E-state index in [0.29, 0.717) is 17.0 Å². The molecule has 0 saturated heterocycles. The first kappa shape index (κ1) is 20.9. The molecular weight excluding hydrogens is 432 g/mol. The first-order valence-electron chi connectivity index (χ1n) is 9.34. The largest absolute Gasteiger partial charge is 0.450 e. The monoisotopic (exact) mass is 448 g/mol. The molecule has 0 spiro atoms. The van der Waals surface area contributed by atoms with Crippen LogP contribution in [0.15, 0.2) is 71.7 Å². The number of nitrogens with zero attached hydrogens (tertiary/aromatic N) is 3. The number of nitro benzene ring substituents is 1. The van der Waals surface area contributed by atoms with Crippen LogP contribution in [0, 0.1) is 10.1 Å². The maximum absolute atomic E-state index is 12.6. The molecule has 4 aromatic rings. The van der Waals surface area contributed by atoms with Crippen molar-refractivity contribution < 1.29 is 19.2 Å². The van der Waals surface area contributed by atoms with Crippen LogP contribution >= 0.6 is 11.3 Å². The van der Waals surface area contributed by atoms with Crippen LogP contribution in [0.4, 0.5) is 11.4 Å². The predicted molar refractivity (Wildman–Crippen MR) is 119 cm³/mol. The number of aryl methyl sites for hydroxylation is 1. The SMILES string of the molecule is Cn1ccnc1C(=O)c1ccc(Oc2ccc(NC(=O)c3ccsc3)cc2)c([N+](=O)[O-])c1. The van der Waals surface area contributed by atoms with Crippen LogP contribution in [-0.4, -0.2) is 26.2 Å². The van der Waals surface area contributed by atoms with Crippen molar-refractivity contribution in [3.63, 3.8) is 0 Å². The van der Waals surface area contributed by atoms with Gasteiger partial charge in [0.05, 0.1) is 10.5 Å². The Morgan fingerprint density at radius 1 is 1.12 bits per heavy atom. The Labute approximate surface area is 186 Å². The molecule has 0 aliphatic carbocycles. The lowest BCUT2D eigenvalue weighted by molar-refractivity contribution is -0.385. The third-order valence-electron chi connectivity index (χ3n) is 4.57. The smallest absolute Gasteiger partial charge is 0.312 e. The van der Waals surface area contributed by atoms with Crippen LogP contribution in [-0.2, 0) is 7.05 Å². The molecule has 32 heavy (non-hydrogen) atoms. The highest BCUT2D eigenvalue weighted by Crippen LogP contribution is 2.33. The molecule has 1 N–H and O–H groups in total. The maximum atomic E-state index is 12.6. The summed E-state index contributed by atoms with van der Waals surface area (Å²) >= 11 is 1.43. The van der Waals surface area contributed by atoms with Crippen molar-refractivity contribution in [3.05, 3.63) is 98.8 Å². The van der Waals surface area contributed by atoms with Gasteiger partial charge < -0.3 is 14.6 Å². The lowest BCUT2D eigenvalue weighted by Crippen LogP contribution is -2.10. The first-order chi connectivity index (χ1) is 15.4. The zero-order valence-electron chi connectivity index (χ0n) is 16.7. The number of aromatic nitrogens is 2. The third kappa shape index (κ3) is 4.40. The van der Waals surface area contributed by atoms with Gasteiger partial charge in [-0.2, -0.15) is 11.3 Å². The van der Waals surface area contributed by atoms with E-state index < -0.39 is 10.7 Å². The summed E-state index contributed by atoms with van der Waals surface area (Å²) in [5.41, 5.74) is 0.898. The molecule has 0 radical (unpaired) electrons. The van der Waals surface area contributed by atoms with Gasteiger partial charge in [0.25, 0.3) is 5.91 Å². The van der Waals surface area contributed by atoms with E-state index in [-0.39, 0.29) is 28.7 Å². The summed E-state index contributed by atoms with van der Waals surface area (Å²) in [6, 6.07) is 12.1. The number of thiophene rings is 1. The van der Waals surface area contributed by atoms with E-state index in [0.717, 1.165) is 0 Å². The lowest BCUT2D eigenvalue weighted by Gasteiger charge is -2.09. The summed E-state index contributed by atoms with van der Waals surface area (Å²) in [6.45, 7) is 0. The number of imidazole rings is 1. The van der Waals surface area contributed by atoms with Crippen molar-refractivity contribution in [2.24, 2.45) is 7.05 Å². The highest BCUT2D eigenvalue weighted by atomic mass is 32.1. The Bertz CT molecular complexity index is 1300. The molecule has 0 aliphatic rings. The maximum Gasteiger partial charge on any atom is 0.312 e. The summed E-state index contributed by atoms with van der Waals surface area (Å²) in [7, 11) is 1.67. The van der Waals surface area contributed by atoms with Gasteiger partial charge in [0.15, 0.2) is 5.82 Å². The number of amides is 1.